The smallest absolute Gasteiger partial charge is 0.191 e. The molecule has 140 valence electrons. The molecule has 0 aliphatic rings. The first-order chi connectivity index (χ1) is 12.7. The molecule has 0 fully saturated rings. The number of ether oxygens (including phenoxy) is 1. The van der Waals surface area contributed by atoms with Gasteiger partial charge in [0, 0.05) is 35.4 Å². The minimum Gasteiger partial charge on any atom is -0.497 e. The molecule has 5 nitrogen and oxygen atoms in total. The summed E-state index contributed by atoms with van der Waals surface area (Å²) < 4.78 is 17.4. The van der Waals surface area contributed by atoms with E-state index in [9.17, 15) is 4.21 Å². The van der Waals surface area contributed by atoms with Gasteiger partial charge in [-0.05, 0) is 30.2 Å². The molecule has 2 aromatic rings. The summed E-state index contributed by atoms with van der Waals surface area (Å²) in [4.78, 5) is 4.58. The Hall–Kier alpha value is -2.34. The summed E-state index contributed by atoms with van der Waals surface area (Å²) >= 11 is 0. The highest BCUT2D eigenvalue weighted by Crippen LogP contribution is 2.13. The van der Waals surface area contributed by atoms with Crippen LogP contribution in [-0.4, -0.2) is 36.1 Å². The maximum absolute atomic E-state index is 12.2. The Morgan fingerprint density at radius 3 is 2.58 bits per heavy atom. The van der Waals surface area contributed by atoms with Gasteiger partial charge in [-0.3, -0.25) is 4.21 Å². The highest BCUT2D eigenvalue weighted by molar-refractivity contribution is 7.84. The SMILES string of the molecule is CCNC(=NCc1cccc(OC)c1)NCCS(=O)Cc1ccccc1. The normalized spacial score (nSPS) is 12.5. The fraction of sp³-hybridized carbons (Fsp3) is 0.350. The monoisotopic (exact) mass is 373 g/mol. The predicted octanol–water partition coefficient (Wildman–Crippen LogP) is 2.70. The van der Waals surface area contributed by atoms with Crippen LogP contribution < -0.4 is 15.4 Å². The lowest BCUT2D eigenvalue weighted by Crippen LogP contribution is -2.39. The Morgan fingerprint density at radius 2 is 1.85 bits per heavy atom. The van der Waals surface area contributed by atoms with E-state index in [-0.39, 0.29) is 0 Å². The lowest BCUT2D eigenvalue weighted by Gasteiger charge is -2.11. The largest absolute Gasteiger partial charge is 0.497 e. The minimum absolute atomic E-state index is 0.555. The van der Waals surface area contributed by atoms with E-state index in [2.05, 4.69) is 15.6 Å². The van der Waals surface area contributed by atoms with E-state index in [4.69, 9.17) is 4.74 Å². The van der Waals surface area contributed by atoms with Gasteiger partial charge in [-0.1, -0.05) is 42.5 Å². The number of hydrogen-bond acceptors (Lipinski definition) is 3. The van der Waals surface area contributed by atoms with E-state index >= 15 is 0 Å². The van der Waals surface area contributed by atoms with E-state index < -0.39 is 10.8 Å². The van der Waals surface area contributed by atoms with Crippen LogP contribution in [0.3, 0.4) is 0 Å². The molecule has 1 unspecified atom stereocenters. The quantitative estimate of drug-likeness (QED) is 0.524. The van der Waals surface area contributed by atoms with Gasteiger partial charge in [-0.15, -0.1) is 0 Å². The van der Waals surface area contributed by atoms with Gasteiger partial charge in [0.05, 0.1) is 13.7 Å². The Balaban J connectivity index is 1.82. The van der Waals surface area contributed by atoms with Crippen LogP contribution in [0.2, 0.25) is 0 Å². The first-order valence-electron chi connectivity index (χ1n) is 8.75. The molecule has 0 saturated carbocycles. The summed E-state index contributed by atoms with van der Waals surface area (Å²) in [5, 5.41) is 6.46. The fourth-order valence-corrected chi connectivity index (χ4v) is 3.44. The molecule has 0 aliphatic heterocycles. The van der Waals surface area contributed by atoms with Crippen molar-refractivity contribution in [3.8, 4) is 5.75 Å². The average Bonchev–Trinajstić information content (AvgIpc) is 2.67. The number of benzene rings is 2. The Labute approximate surface area is 158 Å². The second-order valence-corrected chi connectivity index (χ2v) is 7.32. The molecule has 2 N–H and O–H groups in total. The zero-order chi connectivity index (χ0) is 18.6. The van der Waals surface area contributed by atoms with Crippen LogP contribution >= 0.6 is 0 Å². The van der Waals surface area contributed by atoms with Crippen molar-refractivity contribution in [2.24, 2.45) is 4.99 Å². The standard InChI is InChI=1S/C20H27N3O2S/c1-3-21-20(23-15-18-10-7-11-19(14-18)25-2)22-12-13-26(24)16-17-8-5-4-6-9-17/h4-11,14H,3,12-13,15-16H2,1-2H3,(H2,21,22,23). The zero-order valence-corrected chi connectivity index (χ0v) is 16.2. The van der Waals surface area contributed by atoms with Crippen LogP contribution in [0.25, 0.3) is 0 Å². The lowest BCUT2D eigenvalue weighted by atomic mass is 10.2. The van der Waals surface area contributed by atoms with Crippen molar-refractivity contribution in [2.45, 2.75) is 19.2 Å². The number of aliphatic imine (C=N–C) groups is 1. The maximum atomic E-state index is 12.2. The van der Waals surface area contributed by atoms with Crippen LogP contribution in [0, 0.1) is 0 Å². The molecule has 2 rings (SSSR count). The fourth-order valence-electron chi connectivity index (χ4n) is 2.40. The van der Waals surface area contributed by atoms with Gasteiger partial charge >= 0.3 is 0 Å². The molecule has 0 spiro atoms. The number of rotatable bonds is 9. The molecular formula is C20H27N3O2S. The third-order valence-electron chi connectivity index (χ3n) is 3.69. The van der Waals surface area contributed by atoms with Gasteiger partial charge in [-0.25, -0.2) is 4.99 Å². The van der Waals surface area contributed by atoms with Crippen molar-refractivity contribution in [3.63, 3.8) is 0 Å². The van der Waals surface area contributed by atoms with Gasteiger partial charge in [0.2, 0.25) is 0 Å². The van der Waals surface area contributed by atoms with Gasteiger partial charge in [0.15, 0.2) is 5.96 Å². The summed E-state index contributed by atoms with van der Waals surface area (Å²) in [6, 6.07) is 17.8. The van der Waals surface area contributed by atoms with E-state index in [0.717, 1.165) is 29.4 Å². The van der Waals surface area contributed by atoms with Crippen molar-refractivity contribution in [1.29, 1.82) is 0 Å². The number of methoxy groups -OCH3 is 1. The van der Waals surface area contributed by atoms with Gasteiger partial charge in [0.1, 0.15) is 5.75 Å². The van der Waals surface area contributed by atoms with Gasteiger partial charge in [-0.2, -0.15) is 0 Å². The topological polar surface area (TPSA) is 62.7 Å². The summed E-state index contributed by atoms with van der Waals surface area (Å²) in [6.45, 7) is 3.97. The van der Waals surface area contributed by atoms with Crippen LogP contribution in [0.15, 0.2) is 59.6 Å². The van der Waals surface area contributed by atoms with Crippen molar-refractivity contribution < 1.29 is 8.95 Å². The molecule has 0 aliphatic carbocycles. The summed E-state index contributed by atoms with van der Waals surface area (Å²) in [5.74, 6) is 2.72. The molecule has 26 heavy (non-hydrogen) atoms. The van der Waals surface area contributed by atoms with E-state index in [1.165, 1.54) is 0 Å². The molecule has 2 aromatic carbocycles. The van der Waals surface area contributed by atoms with E-state index in [1.54, 1.807) is 7.11 Å². The highest BCUT2D eigenvalue weighted by Gasteiger charge is 2.03. The number of guanidine groups is 1. The van der Waals surface area contributed by atoms with Crippen LogP contribution in [0.4, 0.5) is 0 Å². The van der Waals surface area contributed by atoms with Crippen molar-refractivity contribution in [2.75, 3.05) is 26.0 Å². The second-order valence-electron chi connectivity index (χ2n) is 5.75. The molecule has 0 aromatic heterocycles. The van der Waals surface area contributed by atoms with Crippen LogP contribution in [-0.2, 0) is 23.1 Å². The minimum atomic E-state index is -0.897. The highest BCUT2D eigenvalue weighted by atomic mass is 32.2. The number of nitrogens with zero attached hydrogens (tertiary/aromatic N) is 1. The van der Waals surface area contributed by atoms with Crippen molar-refractivity contribution >= 4 is 16.8 Å². The number of hydrogen-bond donors (Lipinski definition) is 2. The number of nitrogens with one attached hydrogen (secondary N) is 2. The molecule has 0 radical (unpaired) electrons. The molecule has 0 heterocycles. The molecule has 1 atom stereocenters. The Morgan fingerprint density at radius 1 is 1.08 bits per heavy atom. The Kier molecular flexibility index (Phi) is 8.69. The maximum Gasteiger partial charge on any atom is 0.191 e. The third-order valence-corrected chi connectivity index (χ3v) is 5.01. The van der Waals surface area contributed by atoms with Gasteiger partial charge < -0.3 is 15.4 Å². The summed E-state index contributed by atoms with van der Waals surface area (Å²) in [7, 11) is 0.759. The van der Waals surface area contributed by atoms with Crippen LogP contribution in [0.1, 0.15) is 18.1 Å². The van der Waals surface area contributed by atoms with Crippen molar-refractivity contribution in [1.82, 2.24) is 10.6 Å². The third kappa shape index (κ3) is 7.27. The van der Waals surface area contributed by atoms with E-state index in [1.807, 2.05) is 61.5 Å². The Bertz CT molecular complexity index is 720. The summed E-state index contributed by atoms with van der Waals surface area (Å²) in [5.41, 5.74) is 2.18. The summed E-state index contributed by atoms with van der Waals surface area (Å²) in [6.07, 6.45) is 0. The first kappa shape index (κ1) is 20.0. The molecule has 0 saturated heterocycles. The molecule has 0 bridgehead atoms. The van der Waals surface area contributed by atoms with E-state index in [0.29, 0.717) is 24.6 Å². The average molecular weight is 374 g/mol. The van der Waals surface area contributed by atoms with Gasteiger partial charge in [0.25, 0.3) is 0 Å². The lowest BCUT2D eigenvalue weighted by molar-refractivity contribution is 0.414. The molecule has 0 amide bonds. The first-order valence-corrected chi connectivity index (χ1v) is 10.2. The van der Waals surface area contributed by atoms with Crippen molar-refractivity contribution in [3.05, 3.63) is 65.7 Å². The predicted molar refractivity (Wildman–Crippen MR) is 109 cm³/mol. The van der Waals surface area contributed by atoms with Crippen LogP contribution in [0.5, 0.6) is 5.75 Å². The molecule has 6 heteroatoms. The second kappa shape index (κ2) is 11.3. The zero-order valence-electron chi connectivity index (χ0n) is 15.4. The molecular weight excluding hydrogens is 346 g/mol.